The van der Waals surface area contributed by atoms with Gasteiger partial charge in [0.2, 0.25) is 0 Å². The SMILES string of the molecule is Cl.Nc1ccc2c(=O)[nH]cnc2c1. The van der Waals surface area contributed by atoms with Gasteiger partial charge in [-0.05, 0) is 18.2 Å². The van der Waals surface area contributed by atoms with Crippen molar-refractivity contribution in [2.24, 2.45) is 0 Å². The molecule has 0 spiro atoms. The summed E-state index contributed by atoms with van der Waals surface area (Å²) in [5, 5.41) is 0.562. The van der Waals surface area contributed by atoms with E-state index in [9.17, 15) is 4.79 Å². The fourth-order valence-corrected chi connectivity index (χ4v) is 1.09. The molecule has 2 aromatic rings. The van der Waals surface area contributed by atoms with E-state index < -0.39 is 0 Å². The number of nitrogens with one attached hydrogen (secondary N) is 1. The van der Waals surface area contributed by atoms with Gasteiger partial charge in [-0.3, -0.25) is 4.79 Å². The molecule has 0 saturated carbocycles. The molecule has 68 valence electrons. The van der Waals surface area contributed by atoms with Gasteiger partial charge in [0.05, 0.1) is 17.2 Å². The molecule has 4 nitrogen and oxygen atoms in total. The molecule has 5 heteroatoms. The Morgan fingerprint density at radius 1 is 1.38 bits per heavy atom. The molecular formula is C8H8ClN3O. The van der Waals surface area contributed by atoms with Crippen LogP contribution in [0, 0.1) is 0 Å². The van der Waals surface area contributed by atoms with Gasteiger partial charge in [-0.15, -0.1) is 12.4 Å². The van der Waals surface area contributed by atoms with Crippen LogP contribution < -0.4 is 11.3 Å². The molecule has 1 aromatic carbocycles. The van der Waals surface area contributed by atoms with Crippen molar-refractivity contribution in [1.29, 1.82) is 0 Å². The second-order valence-corrected chi connectivity index (χ2v) is 2.51. The summed E-state index contributed by atoms with van der Waals surface area (Å²) in [4.78, 5) is 17.6. The maximum atomic E-state index is 11.2. The molecule has 0 atom stereocenters. The van der Waals surface area contributed by atoms with Crippen molar-refractivity contribution in [3.63, 3.8) is 0 Å². The maximum Gasteiger partial charge on any atom is 0.258 e. The van der Waals surface area contributed by atoms with Crippen LogP contribution in [-0.2, 0) is 0 Å². The van der Waals surface area contributed by atoms with Gasteiger partial charge in [0.15, 0.2) is 0 Å². The highest BCUT2D eigenvalue weighted by Gasteiger charge is 1.97. The fraction of sp³-hybridized carbons (Fsp3) is 0. The fourth-order valence-electron chi connectivity index (χ4n) is 1.09. The largest absolute Gasteiger partial charge is 0.399 e. The Bertz CT molecular complexity index is 480. The van der Waals surface area contributed by atoms with Gasteiger partial charge in [-0.25, -0.2) is 4.98 Å². The Labute approximate surface area is 80.2 Å². The van der Waals surface area contributed by atoms with E-state index in [0.29, 0.717) is 16.6 Å². The first-order chi connectivity index (χ1) is 5.77. The molecule has 0 radical (unpaired) electrons. The lowest BCUT2D eigenvalue weighted by atomic mass is 10.2. The number of fused-ring (bicyclic) bond motifs is 1. The number of nitrogen functional groups attached to an aromatic ring is 1. The average molecular weight is 198 g/mol. The number of halogens is 1. The van der Waals surface area contributed by atoms with E-state index in [1.165, 1.54) is 6.33 Å². The van der Waals surface area contributed by atoms with Crippen molar-refractivity contribution < 1.29 is 0 Å². The molecular weight excluding hydrogens is 190 g/mol. The molecule has 1 aromatic heterocycles. The zero-order chi connectivity index (χ0) is 8.55. The topological polar surface area (TPSA) is 71.8 Å². The van der Waals surface area contributed by atoms with Crippen LogP contribution in [0.4, 0.5) is 5.69 Å². The summed E-state index contributed by atoms with van der Waals surface area (Å²) in [5.74, 6) is 0. The molecule has 1 heterocycles. The Kier molecular flexibility index (Phi) is 2.53. The highest BCUT2D eigenvalue weighted by Crippen LogP contribution is 2.09. The first-order valence-electron chi connectivity index (χ1n) is 3.50. The molecule has 3 N–H and O–H groups in total. The first kappa shape index (κ1) is 9.54. The summed E-state index contributed by atoms with van der Waals surface area (Å²) < 4.78 is 0. The lowest BCUT2D eigenvalue weighted by Gasteiger charge is -1.95. The molecule has 0 unspecified atom stereocenters. The van der Waals surface area contributed by atoms with Crippen LogP contribution in [0.3, 0.4) is 0 Å². The van der Waals surface area contributed by atoms with Crippen molar-refractivity contribution in [3.05, 3.63) is 34.9 Å². The number of nitrogens with two attached hydrogens (primary N) is 1. The van der Waals surface area contributed by atoms with Crippen molar-refractivity contribution in [2.75, 3.05) is 5.73 Å². The number of hydrogen-bond donors (Lipinski definition) is 2. The number of aromatic amines is 1. The standard InChI is InChI=1S/C8H7N3O.ClH/c9-5-1-2-6-7(3-5)10-4-11-8(6)12;/h1-4H,9H2,(H,10,11,12);1H. The van der Waals surface area contributed by atoms with Crippen molar-refractivity contribution in [1.82, 2.24) is 9.97 Å². The van der Waals surface area contributed by atoms with E-state index in [0.717, 1.165) is 0 Å². The summed E-state index contributed by atoms with van der Waals surface area (Å²) in [5.41, 5.74) is 6.62. The van der Waals surface area contributed by atoms with Crippen LogP contribution >= 0.6 is 12.4 Å². The van der Waals surface area contributed by atoms with Crippen molar-refractivity contribution in [3.8, 4) is 0 Å². The normalized spacial score (nSPS) is 9.54. The maximum absolute atomic E-state index is 11.2. The van der Waals surface area contributed by atoms with Gasteiger partial charge in [-0.1, -0.05) is 0 Å². The first-order valence-corrected chi connectivity index (χ1v) is 3.50. The minimum atomic E-state index is -0.139. The van der Waals surface area contributed by atoms with Crippen LogP contribution in [0.2, 0.25) is 0 Å². The number of nitrogens with zero attached hydrogens (tertiary/aromatic N) is 1. The number of benzene rings is 1. The predicted octanol–water partition coefficient (Wildman–Crippen LogP) is 0.927. The number of H-pyrrole nitrogens is 1. The van der Waals surface area contributed by atoms with Gasteiger partial charge in [-0.2, -0.15) is 0 Å². The van der Waals surface area contributed by atoms with Crippen LogP contribution in [0.1, 0.15) is 0 Å². The molecule has 0 fully saturated rings. The van der Waals surface area contributed by atoms with Gasteiger partial charge in [0, 0.05) is 5.69 Å². The summed E-state index contributed by atoms with van der Waals surface area (Å²) in [6, 6.07) is 5.01. The van der Waals surface area contributed by atoms with Crippen LogP contribution in [0.25, 0.3) is 10.9 Å². The van der Waals surface area contributed by atoms with Gasteiger partial charge in [0.1, 0.15) is 0 Å². The number of aromatic nitrogens is 2. The van der Waals surface area contributed by atoms with Gasteiger partial charge in [0.25, 0.3) is 5.56 Å². The monoisotopic (exact) mass is 197 g/mol. The van der Waals surface area contributed by atoms with E-state index in [2.05, 4.69) is 9.97 Å². The Hall–Kier alpha value is -1.55. The number of anilines is 1. The lowest BCUT2D eigenvalue weighted by molar-refractivity contribution is 1.17. The summed E-state index contributed by atoms with van der Waals surface area (Å²) in [6.45, 7) is 0. The summed E-state index contributed by atoms with van der Waals surface area (Å²) in [7, 11) is 0. The van der Waals surface area contributed by atoms with Crippen LogP contribution in [-0.4, -0.2) is 9.97 Å². The third kappa shape index (κ3) is 1.62. The summed E-state index contributed by atoms with van der Waals surface area (Å²) in [6.07, 6.45) is 1.37. The summed E-state index contributed by atoms with van der Waals surface area (Å²) >= 11 is 0. The Morgan fingerprint density at radius 2 is 2.15 bits per heavy atom. The smallest absolute Gasteiger partial charge is 0.258 e. The molecule has 0 amide bonds. The minimum absolute atomic E-state index is 0. The molecule has 13 heavy (non-hydrogen) atoms. The highest BCUT2D eigenvalue weighted by atomic mass is 35.5. The van der Waals surface area contributed by atoms with Crippen LogP contribution in [0.5, 0.6) is 0 Å². The third-order valence-corrected chi connectivity index (χ3v) is 1.67. The second-order valence-electron chi connectivity index (χ2n) is 2.51. The van der Waals surface area contributed by atoms with Gasteiger partial charge < -0.3 is 10.7 Å². The Balaban J connectivity index is 0.000000845. The molecule has 0 aliphatic carbocycles. The van der Waals surface area contributed by atoms with Crippen LogP contribution in [0.15, 0.2) is 29.3 Å². The minimum Gasteiger partial charge on any atom is -0.399 e. The van der Waals surface area contributed by atoms with Crippen molar-refractivity contribution in [2.45, 2.75) is 0 Å². The average Bonchev–Trinajstić information content (AvgIpc) is 2.04. The lowest BCUT2D eigenvalue weighted by Crippen LogP contribution is -2.06. The zero-order valence-electron chi connectivity index (χ0n) is 6.65. The molecule has 0 saturated heterocycles. The molecule has 0 aliphatic rings. The number of hydrogen-bond acceptors (Lipinski definition) is 3. The third-order valence-electron chi connectivity index (χ3n) is 1.67. The van der Waals surface area contributed by atoms with E-state index >= 15 is 0 Å². The Morgan fingerprint density at radius 3 is 2.92 bits per heavy atom. The quantitative estimate of drug-likeness (QED) is 0.617. The predicted molar refractivity (Wildman–Crippen MR) is 54.0 cm³/mol. The number of rotatable bonds is 0. The van der Waals surface area contributed by atoms with E-state index in [1.54, 1.807) is 18.2 Å². The molecule has 0 bridgehead atoms. The highest BCUT2D eigenvalue weighted by molar-refractivity contribution is 5.85. The van der Waals surface area contributed by atoms with Crippen molar-refractivity contribution >= 4 is 29.0 Å². The van der Waals surface area contributed by atoms with E-state index in [4.69, 9.17) is 5.73 Å². The molecule has 2 rings (SSSR count). The van der Waals surface area contributed by atoms with E-state index in [-0.39, 0.29) is 18.0 Å². The second kappa shape index (κ2) is 3.45. The van der Waals surface area contributed by atoms with Gasteiger partial charge >= 0.3 is 0 Å². The van der Waals surface area contributed by atoms with E-state index in [1.807, 2.05) is 0 Å². The molecule has 0 aliphatic heterocycles. The zero-order valence-corrected chi connectivity index (χ0v) is 7.47.